The van der Waals surface area contributed by atoms with E-state index in [0.29, 0.717) is 6.04 Å². The van der Waals surface area contributed by atoms with Crippen LogP contribution in [0.4, 0.5) is 0 Å². The molecular weight excluding hydrogens is 222 g/mol. The highest BCUT2D eigenvalue weighted by Gasteiger charge is 2.19. The molecule has 0 amide bonds. The van der Waals surface area contributed by atoms with Crippen molar-refractivity contribution in [3.8, 4) is 0 Å². The SMILES string of the molecule is CC1=CC(C)CC(CNC(C)c2ccc(C)o2)C1. The fourth-order valence-corrected chi connectivity index (χ4v) is 2.97. The van der Waals surface area contributed by atoms with Crippen LogP contribution in [-0.2, 0) is 0 Å². The second-order valence-electron chi connectivity index (χ2n) is 5.87. The monoisotopic (exact) mass is 247 g/mol. The molecule has 0 fully saturated rings. The minimum Gasteiger partial charge on any atom is -0.465 e. The van der Waals surface area contributed by atoms with Gasteiger partial charge in [0, 0.05) is 0 Å². The van der Waals surface area contributed by atoms with E-state index < -0.39 is 0 Å². The maximum absolute atomic E-state index is 5.65. The summed E-state index contributed by atoms with van der Waals surface area (Å²) >= 11 is 0. The summed E-state index contributed by atoms with van der Waals surface area (Å²) in [5, 5.41) is 3.60. The molecule has 3 unspecified atom stereocenters. The maximum atomic E-state index is 5.65. The summed E-state index contributed by atoms with van der Waals surface area (Å²) in [6.45, 7) is 9.81. The summed E-state index contributed by atoms with van der Waals surface area (Å²) in [6, 6.07) is 4.41. The maximum Gasteiger partial charge on any atom is 0.120 e. The molecular formula is C16H25NO. The van der Waals surface area contributed by atoms with Gasteiger partial charge >= 0.3 is 0 Å². The van der Waals surface area contributed by atoms with Gasteiger partial charge in [0.25, 0.3) is 0 Å². The molecule has 3 atom stereocenters. The standard InChI is InChI=1S/C16H25NO/c1-11-7-12(2)9-15(8-11)10-17-14(4)16-6-5-13(3)18-16/h5-7,11,14-15,17H,8-10H2,1-4H3. The molecule has 0 bridgehead atoms. The lowest BCUT2D eigenvalue weighted by Crippen LogP contribution is -2.28. The molecule has 2 rings (SSSR count). The Bertz CT molecular complexity index is 418. The van der Waals surface area contributed by atoms with Crippen molar-refractivity contribution in [1.29, 1.82) is 0 Å². The fraction of sp³-hybridized carbons (Fsp3) is 0.625. The van der Waals surface area contributed by atoms with Crippen LogP contribution in [0.3, 0.4) is 0 Å². The van der Waals surface area contributed by atoms with Gasteiger partial charge in [0.2, 0.25) is 0 Å². The molecule has 1 aliphatic carbocycles. The lowest BCUT2D eigenvalue weighted by atomic mass is 9.83. The van der Waals surface area contributed by atoms with Gasteiger partial charge in [-0.05, 0) is 64.1 Å². The van der Waals surface area contributed by atoms with Crippen LogP contribution < -0.4 is 5.32 Å². The number of aryl methyl sites for hydroxylation is 1. The Labute approximate surface area is 110 Å². The largest absolute Gasteiger partial charge is 0.465 e. The summed E-state index contributed by atoms with van der Waals surface area (Å²) in [5.41, 5.74) is 1.54. The predicted octanol–water partition coefficient (Wildman–Crippen LogP) is 4.23. The molecule has 0 aromatic carbocycles. The number of nitrogens with one attached hydrogen (secondary N) is 1. The summed E-state index contributed by atoms with van der Waals surface area (Å²) in [7, 11) is 0. The molecule has 0 radical (unpaired) electrons. The summed E-state index contributed by atoms with van der Waals surface area (Å²) in [5.74, 6) is 3.53. The molecule has 0 aliphatic heterocycles. The van der Waals surface area contributed by atoms with Crippen molar-refractivity contribution >= 4 is 0 Å². The highest BCUT2D eigenvalue weighted by Crippen LogP contribution is 2.28. The first-order valence-corrected chi connectivity index (χ1v) is 7.01. The van der Waals surface area contributed by atoms with E-state index in [2.05, 4.69) is 38.2 Å². The molecule has 2 heteroatoms. The van der Waals surface area contributed by atoms with E-state index >= 15 is 0 Å². The molecule has 0 saturated heterocycles. The summed E-state index contributed by atoms with van der Waals surface area (Å²) in [6.07, 6.45) is 4.95. The van der Waals surface area contributed by atoms with Gasteiger partial charge in [0.1, 0.15) is 11.5 Å². The third-order valence-corrected chi connectivity index (χ3v) is 3.79. The molecule has 1 aromatic heterocycles. The number of allylic oxidation sites excluding steroid dienone is 2. The van der Waals surface area contributed by atoms with Crippen LogP contribution in [0, 0.1) is 18.8 Å². The van der Waals surface area contributed by atoms with Crippen molar-refractivity contribution in [2.75, 3.05) is 6.54 Å². The minimum absolute atomic E-state index is 0.306. The lowest BCUT2D eigenvalue weighted by molar-refractivity contribution is 0.346. The van der Waals surface area contributed by atoms with E-state index in [1.165, 1.54) is 12.8 Å². The van der Waals surface area contributed by atoms with E-state index in [-0.39, 0.29) is 0 Å². The van der Waals surface area contributed by atoms with Gasteiger partial charge in [0.15, 0.2) is 0 Å². The average molecular weight is 247 g/mol. The van der Waals surface area contributed by atoms with Crippen molar-refractivity contribution < 1.29 is 4.42 Å². The minimum atomic E-state index is 0.306. The third kappa shape index (κ3) is 3.49. The van der Waals surface area contributed by atoms with Crippen LogP contribution in [-0.4, -0.2) is 6.54 Å². The first-order valence-electron chi connectivity index (χ1n) is 7.01. The van der Waals surface area contributed by atoms with Crippen molar-refractivity contribution in [2.45, 2.75) is 46.6 Å². The summed E-state index contributed by atoms with van der Waals surface area (Å²) in [4.78, 5) is 0. The molecule has 1 aliphatic rings. The smallest absolute Gasteiger partial charge is 0.120 e. The first-order chi connectivity index (χ1) is 8.54. The van der Waals surface area contributed by atoms with E-state index in [1.807, 2.05) is 13.0 Å². The molecule has 1 aromatic rings. The Kier molecular flexibility index (Phi) is 4.28. The van der Waals surface area contributed by atoms with Crippen molar-refractivity contribution in [3.63, 3.8) is 0 Å². The van der Waals surface area contributed by atoms with E-state index in [9.17, 15) is 0 Å². The van der Waals surface area contributed by atoms with E-state index in [4.69, 9.17) is 4.42 Å². The molecule has 2 nitrogen and oxygen atoms in total. The zero-order valence-corrected chi connectivity index (χ0v) is 12.0. The van der Waals surface area contributed by atoms with Crippen molar-refractivity contribution in [2.24, 2.45) is 11.8 Å². The van der Waals surface area contributed by atoms with Gasteiger partial charge in [-0.2, -0.15) is 0 Å². The highest BCUT2D eigenvalue weighted by molar-refractivity contribution is 5.09. The number of rotatable bonds is 4. The Hall–Kier alpha value is -1.02. The van der Waals surface area contributed by atoms with Gasteiger partial charge in [-0.3, -0.25) is 0 Å². The normalized spacial score (nSPS) is 25.9. The lowest BCUT2D eigenvalue weighted by Gasteiger charge is -2.26. The van der Waals surface area contributed by atoms with Crippen LogP contribution in [0.1, 0.15) is 51.2 Å². The predicted molar refractivity (Wildman–Crippen MR) is 75.5 cm³/mol. The van der Waals surface area contributed by atoms with Crippen molar-refractivity contribution in [1.82, 2.24) is 5.32 Å². The van der Waals surface area contributed by atoms with Crippen LogP contribution in [0.5, 0.6) is 0 Å². The number of hydrogen-bond donors (Lipinski definition) is 1. The zero-order chi connectivity index (χ0) is 13.1. The average Bonchev–Trinajstić information content (AvgIpc) is 2.71. The van der Waals surface area contributed by atoms with Gasteiger partial charge < -0.3 is 9.73 Å². The molecule has 1 heterocycles. The Morgan fingerprint density at radius 1 is 1.39 bits per heavy atom. The molecule has 1 N–H and O–H groups in total. The number of furan rings is 1. The van der Waals surface area contributed by atoms with Crippen LogP contribution in [0.2, 0.25) is 0 Å². The van der Waals surface area contributed by atoms with E-state index in [0.717, 1.165) is 29.9 Å². The summed E-state index contributed by atoms with van der Waals surface area (Å²) < 4.78 is 5.65. The van der Waals surface area contributed by atoms with Gasteiger partial charge in [0.05, 0.1) is 6.04 Å². The third-order valence-electron chi connectivity index (χ3n) is 3.79. The Morgan fingerprint density at radius 2 is 2.17 bits per heavy atom. The fourth-order valence-electron chi connectivity index (χ4n) is 2.97. The van der Waals surface area contributed by atoms with E-state index in [1.54, 1.807) is 5.57 Å². The molecule has 100 valence electrons. The topological polar surface area (TPSA) is 25.2 Å². The second kappa shape index (κ2) is 5.75. The van der Waals surface area contributed by atoms with Gasteiger partial charge in [-0.1, -0.05) is 18.6 Å². The first kappa shape index (κ1) is 13.4. The Balaban J connectivity index is 1.83. The quantitative estimate of drug-likeness (QED) is 0.805. The molecule has 0 saturated carbocycles. The van der Waals surface area contributed by atoms with Gasteiger partial charge in [-0.15, -0.1) is 0 Å². The Morgan fingerprint density at radius 3 is 2.78 bits per heavy atom. The molecule has 0 spiro atoms. The van der Waals surface area contributed by atoms with Crippen molar-refractivity contribution in [3.05, 3.63) is 35.3 Å². The number of hydrogen-bond acceptors (Lipinski definition) is 2. The van der Waals surface area contributed by atoms with Crippen LogP contribution >= 0.6 is 0 Å². The van der Waals surface area contributed by atoms with Crippen LogP contribution in [0.15, 0.2) is 28.2 Å². The van der Waals surface area contributed by atoms with Gasteiger partial charge in [-0.25, -0.2) is 0 Å². The zero-order valence-electron chi connectivity index (χ0n) is 12.0. The molecule has 18 heavy (non-hydrogen) atoms. The highest BCUT2D eigenvalue weighted by atomic mass is 16.3. The van der Waals surface area contributed by atoms with Crippen LogP contribution in [0.25, 0.3) is 0 Å². The second-order valence-corrected chi connectivity index (χ2v) is 5.87.